The lowest BCUT2D eigenvalue weighted by Gasteiger charge is -2.05. The highest BCUT2D eigenvalue weighted by atomic mass is 16.5. The van der Waals surface area contributed by atoms with Crippen molar-refractivity contribution in [3.8, 4) is 0 Å². The molecule has 0 heterocycles. The van der Waals surface area contributed by atoms with Crippen LogP contribution in [-0.4, -0.2) is 12.6 Å². The van der Waals surface area contributed by atoms with E-state index in [1.165, 1.54) is 77.0 Å². The Kier molecular flexibility index (Phi) is 22.1. The molecule has 0 saturated heterocycles. The summed E-state index contributed by atoms with van der Waals surface area (Å²) in [5.74, 6) is -0.00354. The molecule has 2 heteroatoms. The Labute approximate surface area is 169 Å². The molecule has 0 N–H and O–H groups in total. The monoisotopic (exact) mass is 378 g/mol. The minimum absolute atomic E-state index is 0.00354. The van der Waals surface area contributed by atoms with Crippen LogP contribution in [0.2, 0.25) is 0 Å². The zero-order valence-electron chi connectivity index (χ0n) is 18.4. The van der Waals surface area contributed by atoms with E-state index in [-0.39, 0.29) is 5.97 Å². The van der Waals surface area contributed by atoms with Crippen LogP contribution in [0.3, 0.4) is 0 Å². The summed E-state index contributed by atoms with van der Waals surface area (Å²) in [4.78, 5) is 11.6. The second-order valence-electron chi connectivity index (χ2n) is 7.62. The summed E-state index contributed by atoms with van der Waals surface area (Å²) in [7, 11) is 0. The molecule has 0 aliphatic carbocycles. The van der Waals surface area contributed by atoms with Gasteiger partial charge in [-0.25, -0.2) is 0 Å². The topological polar surface area (TPSA) is 26.3 Å². The van der Waals surface area contributed by atoms with Crippen molar-refractivity contribution in [2.24, 2.45) is 0 Å². The molecule has 27 heavy (non-hydrogen) atoms. The molecule has 0 saturated carbocycles. The molecule has 0 fully saturated rings. The van der Waals surface area contributed by atoms with Gasteiger partial charge in [-0.1, -0.05) is 95.9 Å². The van der Waals surface area contributed by atoms with E-state index in [0.29, 0.717) is 13.0 Å². The molecule has 0 aliphatic heterocycles. The average molecular weight is 379 g/mol. The highest BCUT2D eigenvalue weighted by Crippen LogP contribution is 2.09. The zero-order chi connectivity index (χ0) is 19.8. The molecule has 0 spiro atoms. The van der Waals surface area contributed by atoms with Crippen molar-refractivity contribution in [1.29, 1.82) is 0 Å². The van der Waals surface area contributed by atoms with E-state index in [4.69, 9.17) is 4.74 Å². The van der Waals surface area contributed by atoms with Crippen LogP contribution in [0.1, 0.15) is 123 Å². The Hall–Kier alpha value is -1.05. The molecule has 158 valence electrons. The Balaban J connectivity index is 3.25. The van der Waals surface area contributed by atoms with Crippen LogP contribution in [0.25, 0.3) is 0 Å². The number of rotatable bonds is 20. The molecular weight excluding hydrogens is 332 g/mol. The molecule has 0 radical (unpaired) electrons. The van der Waals surface area contributed by atoms with Crippen LogP contribution in [0.15, 0.2) is 24.3 Å². The molecular formula is C25H46O2. The smallest absolute Gasteiger partial charge is 0.305 e. The molecule has 2 nitrogen and oxygen atoms in total. The first-order valence-electron chi connectivity index (χ1n) is 11.8. The third kappa shape index (κ3) is 22.9. The lowest BCUT2D eigenvalue weighted by Crippen LogP contribution is -2.05. The molecule has 0 aromatic carbocycles. The van der Waals surface area contributed by atoms with Gasteiger partial charge < -0.3 is 4.74 Å². The van der Waals surface area contributed by atoms with Crippen LogP contribution in [0, 0.1) is 0 Å². The lowest BCUT2D eigenvalue weighted by molar-refractivity contribution is -0.143. The number of unbranched alkanes of at least 4 members (excludes halogenated alkanes) is 12. The maximum absolute atomic E-state index is 11.6. The predicted octanol–water partition coefficient (Wildman–Crippen LogP) is 8.31. The highest BCUT2D eigenvalue weighted by Gasteiger charge is 2.02. The summed E-state index contributed by atoms with van der Waals surface area (Å²) in [6.45, 7) is 5.08. The second kappa shape index (κ2) is 23.0. The van der Waals surface area contributed by atoms with E-state index in [2.05, 4.69) is 38.2 Å². The SMILES string of the molecule is CCCCCC=CCC=CCCCCCCCC(=O)OCCCCCCC. The van der Waals surface area contributed by atoms with Crippen molar-refractivity contribution in [3.63, 3.8) is 0 Å². The van der Waals surface area contributed by atoms with Gasteiger partial charge in [0.25, 0.3) is 0 Å². The summed E-state index contributed by atoms with van der Waals surface area (Å²) >= 11 is 0. The number of carbonyl (C=O) groups is 1. The first kappa shape index (κ1) is 26.0. The van der Waals surface area contributed by atoms with Crippen molar-refractivity contribution < 1.29 is 9.53 Å². The second-order valence-corrected chi connectivity index (χ2v) is 7.62. The van der Waals surface area contributed by atoms with E-state index >= 15 is 0 Å². The highest BCUT2D eigenvalue weighted by molar-refractivity contribution is 5.69. The molecule has 0 aromatic rings. The fourth-order valence-electron chi connectivity index (χ4n) is 3.04. The van der Waals surface area contributed by atoms with Gasteiger partial charge >= 0.3 is 5.97 Å². The average Bonchev–Trinajstić information content (AvgIpc) is 2.67. The summed E-state index contributed by atoms with van der Waals surface area (Å²) < 4.78 is 5.29. The maximum Gasteiger partial charge on any atom is 0.305 e. The van der Waals surface area contributed by atoms with Crippen LogP contribution < -0.4 is 0 Å². The summed E-state index contributed by atoms with van der Waals surface area (Å²) in [6, 6.07) is 0. The van der Waals surface area contributed by atoms with E-state index in [1.807, 2.05) is 0 Å². The summed E-state index contributed by atoms with van der Waals surface area (Å²) in [5, 5.41) is 0. The normalized spacial score (nSPS) is 11.6. The summed E-state index contributed by atoms with van der Waals surface area (Å²) in [6.07, 6.45) is 29.2. The minimum atomic E-state index is -0.00354. The van der Waals surface area contributed by atoms with E-state index in [0.717, 1.165) is 25.7 Å². The molecule has 0 bridgehead atoms. The number of ether oxygens (including phenoxy) is 1. The maximum atomic E-state index is 11.6. The fraction of sp³-hybridized carbons (Fsp3) is 0.800. The molecule has 0 aromatic heterocycles. The van der Waals surface area contributed by atoms with E-state index in [9.17, 15) is 4.79 Å². The van der Waals surface area contributed by atoms with Crippen LogP contribution in [0.4, 0.5) is 0 Å². The van der Waals surface area contributed by atoms with Crippen molar-refractivity contribution in [1.82, 2.24) is 0 Å². The Morgan fingerprint density at radius 1 is 0.630 bits per heavy atom. The van der Waals surface area contributed by atoms with Crippen molar-refractivity contribution in [3.05, 3.63) is 24.3 Å². The molecule has 0 rings (SSSR count). The third-order valence-electron chi connectivity index (χ3n) is 4.84. The van der Waals surface area contributed by atoms with E-state index < -0.39 is 0 Å². The molecule has 0 aliphatic rings. The number of carbonyl (C=O) groups excluding carboxylic acids is 1. The largest absolute Gasteiger partial charge is 0.466 e. The fourth-order valence-corrected chi connectivity index (χ4v) is 3.04. The lowest BCUT2D eigenvalue weighted by atomic mass is 10.1. The standard InChI is InChI=1S/C25H46O2/c1-3-5-7-9-10-11-12-13-14-15-16-17-18-19-21-23-25(26)27-24-22-20-8-6-4-2/h10-11,13-14H,3-9,12,15-24H2,1-2H3. The minimum Gasteiger partial charge on any atom is -0.466 e. The van der Waals surface area contributed by atoms with Gasteiger partial charge in [-0.15, -0.1) is 0 Å². The van der Waals surface area contributed by atoms with Gasteiger partial charge in [-0.3, -0.25) is 4.79 Å². The molecule has 0 atom stereocenters. The number of allylic oxidation sites excluding steroid dienone is 4. The van der Waals surface area contributed by atoms with Crippen molar-refractivity contribution in [2.75, 3.05) is 6.61 Å². The van der Waals surface area contributed by atoms with Crippen molar-refractivity contribution >= 4 is 5.97 Å². The van der Waals surface area contributed by atoms with Gasteiger partial charge in [0.15, 0.2) is 0 Å². The quantitative estimate of drug-likeness (QED) is 0.121. The van der Waals surface area contributed by atoms with Crippen LogP contribution in [0.5, 0.6) is 0 Å². The van der Waals surface area contributed by atoms with Gasteiger partial charge in [0.05, 0.1) is 6.61 Å². The first-order chi connectivity index (χ1) is 13.3. The van der Waals surface area contributed by atoms with Gasteiger partial charge in [-0.2, -0.15) is 0 Å². The Morgan fingerprint density at radius 3 is 1.85 bits per heavy atom. The van der Waals surface area contributed by atoms with E-state index in [1.54, 1.807) is 0 Å². The van der Waals surface area contributed by atoms with Gasteiger partial charge in [-0.05, 0) is 44.9 Å². The van der Waals surface area contributed by atoms with Gasteiger partial charge in [0, 0.05) is 6.42 Å². The van der Waals surface area contributed by atoms with Crippen LogP contribution in [-0.2, 0) is 9.53 Å². The molecule has 0 amide bonds. The Morgan fingerprint density at radius 2 is 1.15 bits per heavy atom. The third-order valence-corrected chi connectivity index (χ3v) is 4.84. The predicted molar refractivity (Wildman–Crippen MR) is 119 cm³/mol. The number of hydrogen-bond donors (Lipinski definition) is 0. The Bertz CT molecular complexity index is 357. The van der Waals surface area contributed by atoms with Gasteiger partial charge in [0.1, 0.15) is 0 Å². The summed E-state index contributed by atoms with van der Waals surface area (Å²) in [5.41, 5.74) is 0. The zero-order valence-corrected chi connectivity index (χ0v) is 18.4. The molecule has 0 unspecified atom stereocenters. The van der Waals surface area contributed by atoms with Crippen LogP contribution >= 0.6 is 0 Å². The van der Waals surface area contributed by atoms with Crippen molar-refractivity contribution in [2.45, 2.75) is 123 Å². The number of esters is 1. The number of hydrogen-bond acceptors (Lipinski definition) is 2. The van der Waals surface area contributed by atoms with Gasteiger partial charge in [0.2, 0.25) is 0 Å². The first-order valence-corrected chi connectivity index (χ1v) is 11.8.